The molecule has 1 aromatic rings. The van der Waals surface area contributed by atoms with E-state index in [2.05, 4.69) is 49.2 Å². The van der Waals surface area contributed by atoms with Crippen molar-refractivity contribution in [2.24, 2.45) is 5.41 Å². The molecular formula is C15H22N2. The predicted octanol–water partition coefficient (Wildman–Crippen LogP) is 3.02. The minimum Gasteiger partial charge on any atom is -0.304 e. The second-order valence-electron chi connectivity index (χ2n) is 5.41. The zero-order valence-corrected chi connectivity index (χ0v) is 11.3. The number of nitrogens with zero attached hydrogens (tertiary/aromatic N) is 2. The van der Waals surface area contributed by atoms with Gasteiger partial charge in [0.2, 0.25) is 0 Å². The van der Waals surface area contributed by atoms with Crippen molar-refractivity contribution in [3.05, 3.63) is 35.4 Å². The van der Waals surface area contributed by atoms with E-state index in [0.717, 1.165) is 19.5 Å². The van der Waals surface area contributed by atoms with E-state index in [9.17, 15) is 0 Å². The molecule has 0 spiro atoms. The van der Waals surface area contributed by atoms with Gasteiger partial charge in [-0.2, -0.15) is 5.26 Å². The number of hydrogen-bond acceptors (Lipinski definition) is 2. The molecule has 1 rings (SSSR count). The van der Waals surface area contributed by atoms with Crippen molar-refractivity contribution in [1.82, 2.24) is 4.90 Å². The van der Waals surface area contributed by atoms with Crippen LogP contribution in [0.4, 0.5) is 0 Å². The zero-order chi connectivity index (χ0) is 12.9. The molecular weight excluding hydrogens is 208 g/mol. The smallest absolute Gasteiger partial charge is 0.0697 e. The standard InChI is InChI=1S/C15H22N2/c1-13-7-5-6-8-14(13)9-10-17(4)12-15(2,3)11-16/h5-8H,9-10,12H2,1-4H3. The van der Waals surface area contributed by atoms with Gasteiger partial charge >= 0.3 is 0 Å². The Kier molecular flexibility index (Phi) is 4.72. The minimum absolute atomic E-state index is 0.263. The van der Waals surface area contributed by atoms with E-state index < -0.39 is 0 Å². The van der Waals surface area contributed by atoms with E-state index in [1.165, 1.54) is 11.1 Å². The number of benzene rings is 1. The van der Waals surface area contributed by atoms with Crippen molar-refractivity contribution < 1.29 is 0 Å². The van der Waals surface area contributed by atoms with Crippen LogP contribution in [0.1, 0.15) is 25.0 Å². The maximum atomic E-state index is 9.00. The summed E-state index contributed by atoms with van der Waals surface area (Å²) in [7, 11) is 2.08. The quantitative estimate of drug-likeness (QED) is 0.777. The summed E-state index contributed by atoms with van der Waals surface area (Å²) in [5.41, 5.74) is 2.48. The Bertz CT molecular complexity index is 402. The predicted molar refractivity (Wildman–Crippen MR) is 71.8 cm³/mol. The molecule has 0 radical (unpaired) electrons. The molecule has 0 aliphatic rings. The van der Waals surface area contributed by atoms with Gasteiger partial charge in [-0.05, 0) is 45.4 Å². The lowest BCUT2D eigenvalue weighted by molar-refractivity contribution is 0.258. The molecule has 1 aromatic carbocycles. The lowest BCUT2D eigenvalue weighted by atomic mass is 9.95. The minimum atomic E-state index is -0.263. The number of aryl methyl sites for hydroxylation is 1. The molecule has 0 amide bonds. The summed E-state index contributed by atoms with van der Waals surface area (Å²) in [5.74, 6) is 0. The van der Waals surface area contributed by atoms with E-state index in [0.29, 0.717) is 0 Å². The maximum absolute atomic E-state index is 9.00. The van der Waals surface area contributed by atoms with Gasteiger partial charge in [-0.25, -0.2) is 0 Å². The Balaban J connectivity index is 2.47. The second-order valence-corrected chi connectivity index (χ2v) is 5.41. The monoisotopic (exact) mass is 230 g/mol. The molecule has 0 atom stereocenters. The lowest BCUT2D eigenvalue weighted by Gasteiger charge is -2.24. The summed E-state index contributed by atoms with van der Waals surface area (Å²) in [6, 6.07) is 10.8. The molecule has 0 saturated heterocycles. The highest BCUT2D eigenvalue weighted by Gasteiger charge is 2.18. The Morgan fingerprint density at radius 2 is 1.94 bits per heavy atom. The van der Waals surface area contributed by atoms with Crippen LogP contribution in [0, 0.1) is 23.7 Å². The maximum Gasteiger partial charge on any atom is 0.0697 e. The van der Waals surface area contributed by atoms with Crippen LogP contribution >= 0.6 is 0 Å². The first-order valence-electron chi connectivity index (χ1n) is 6.09. The fraction of sp³-hybridized carbons (Fsp3) is 0.533. The topological polar surface area (TPSA) is 27.0 Å². The van der Waals surface area contributed by atoms with Gasteiger partial charge in [0, 0.05) is 13.1 Å². The highest BCUT2D eigenvalue weighted by molar-refractivity contribution is 5.25. The van der Waals surface area contributed by atoms with Gasteiger partial charge in [0.15, 0.2) is 0 Å². The normalized spacial score (nSPS) is 11.5. The Labute approximate surface area is 105 Å². The SMILES string of the molecule is Cc1ccccc1CCN(C)CC(C)(C)C#N. The third-order valence-electron chi connectivity index (χ3n) is 2.99. The van der Waals surface area contributed by atoms with E-state index >= 15 is 0 Å². The molecule has 0 fully saturated rings. The first-order chi connectivity index (χ1) is 7.94. The molecule has 92 valence electrons. The lowest BCUT2D eigenvalue weighted by Crippen LogP contribution is -2.31. The molecule has 0 saturated carbocycles. The van der Waals surface area contributed by atoms with Crippen LogP contribution in [0.2, 0.25) is 0 Å². The van der Waals surface area contributed by atoms with Crippen LogP contribution in [0.25, 0.3) is 0 Å². The van der Waals surface area contributed by atoms with Crippen molar-refractivity contribution in [1.29, 1.82) is 5.26 Å². The molecule has 0 aliphatic carbocycles. The van der Waals surface area contributed by atoms with Crippen molar-refractivity contribution in [3.8, 4) is 6.07 Å². The summed E-state index contributed by atoms with van der Waals surface area (Å²) in [6.45, 7) is 7.93. The molecule has 0 heterocycles. The summed E-state index contributed by atoms with van der Waals surface area (Å²) in [5, 5.41) is 9.00. The summed E-state index contributed by atoms with van der Waals surface area (Å²) < 4.78 is 0. The fourth-order valence-corrected chi connectivity index (χ4v) is 1.99. The highest BCUT2D eigenvalue weighted by atomic mass is 15.1. The van der Waals surface area contributed by atoms with E-state index in [4.69, 9.17) is 5.26 Å². The molecule has 17 heavy (non-hydrogen) atoms. The van der Waals surface area contributed by atoms with Gasteiger partial charge in [-0.15, -0.1) is 0 Å². The van der Waals surface area contributed by atoms with Crippen molar-refractivity contribution in [2.45, 2.75) is 27.2 Å². The third kappa shape index (κ3) is 4.58. The average molecular weight is 230 g/mol. The largest absolute Gasteiger partial charge is 0.304 e. The molecule has 2 heteroatoms. The first-order valence-corrected chi connectivity index (χ1v) is 6.09. The van der Waals surface area contributed by atoms with Gasteiger partial charge < -0.3 is 4.90 Å². The van der Waals surface area contributed by atoms with Gasteiger partial charge in [0.05, 0.1) is 11.5 Å². The fourth-order valence-electron chi connectivity index (χ4n) is 1.99. The number of hydrogen-bond donors (Lipinski definition) is 0. The van der Waals surface area contributed by atoms with Crippen LogP contribution in [0.5, 0.6) is 0 Å². The summed E-state index contributed by atoms with van der Waals surface area (Å²) >= 11 is 0. The van der Waals surface area contributed by atoms with Gasteiger partial charge in [-0.3, -0.25) is 0 Å². The van der Waals surface area contributed by atoms with Crippen molar-refractivity contribution in [2.75, 3.05) is 20.1 Å². The van der Waals surface area contributed by atoms with Gasteiger partial charge in [0.1, 0.15) is 0 Å². The Morgan fingerprint density at radius 3 is 2.53 bits per heavy atom. The van der Waals surface area contributed by atoms with E-state index in [1.54, 1.807) is 0 Å². The van der Waals surface area contributed by atoms with Crippen LogP contribution in [0.3, 0.4) is 0 Å². The zero-order valence-electron chi connectivity index (χ0n) is 11.3. The first kappa shape index (κ1) is 13.7. The second kappa shape index (κ2) is 5.84. The van der Waals surface area contributed by atoms with Gasteiger partial charge in [0.25, 0.3) is 0 Å². The molecule has 0 N–H and O–H groups in total. The van der Waals surface area contributed by atoms with Crippen LogP contribution < -0.4 is 0 Å². The molecule has 2 nitrogen and oxygen atoms in total. The average Bonchev–Trinajstić information content (AvgIpc) is 2.27. The van der Waals surface area contributed by atoms with Gasteiger partial charge in [-0.1, -0.05) is 24.3 Å². The molecule has 0 bridgehead atoms. The summed E-state index contributed by atoms with van der Waals surface area (Å²) in [6.07, 6.45) is 1.05. The number of nitriles is 1. The molecule has 0 aromatic heterocycles. The van der Waals surface area contributed by atoms with Crippen molar-refractivity contribution >= 4 is 0 Å². The number of likely N-dealkylation sites (N-methyl/N-ethyl adjacent to an activating group) is 1. The highest BCUT2D eigenvalue weighted by Crippen LogP contribution is 2.15. The van der Waals surface area contributed by atoms with Crippen LogP contribution in [0.15, 0.2) is 24.3 Å². The third-order valence-corrected chi connectivity index (χ3v) is 2.99. The van der Waals surface area contributed by atoms with E-state index in [1.807, 2.05) is 13.8 Å². The Hall–Kier alpha value is -1.33. The summed E-state index contributed by atoms with van der Waals surface area (Å²) in [4.78, 5) is 2.23. The van der Waals surface area contributed by atoms with Crippen molar-refractivity contribution in [3.63, 3.8) is 0 Å². The number of rotatable bonds is 5. The molecule has 0 unspecified atom stereocenters. The Morgan fingerprint density at radius 1 is 1.29 bits per heavy atom. The van der Waals surface area contributed by atoms with E-state index in [-0.39, 0.29) is 5.41 Å². The van der Waals surface area contributed by atoms with Crippen LogP contribution in [-0.4, -0.2) is 25.0 Å². The van der Waals surface area contributed by atoms with Crippen LogP contribution in [-0.2, 0) is 6.42 Å². The molecule has 0 aliphatic heterocycles.